The fourth-order valence-corrected chi connectivity index (χ4v) is 2.70. The number of aromatic nitrogens is 4. The maximum atomic E-state index is 12.3. The molecule has 10 heteroatoms. The highest BCUT2D eigenvalue weighted by molar-refractivity contribution is 5.74. The van der Waals surface area contributed by atoms with Crippen molar-refractivity contribution in [2.75, 3.05) is 38.2 Å². The van der Waals surface area contributed by atoms with E-state index >= 15 is 0 Å². The van der Waals surface area contributed by atoms with Crippen LogP contribution in [0.1, 0.15) is 24.3 Å². The number of aryl methyl sites for hydroxylation is 1. The fraction of sp³-hybridized carbons (Fsp3) is 0.562. The molecule has 140 valence electrons. The number of carbonyl (C=O) groups excluding carboxylic acids is 1. The minimum Gasteiger partial charge on any atom is -0.377 e. The molecule has 0 aliphatic carbocycles. The average Bonchev–Trinajstić information content (AvgIpc) is 3.14. The van der Waals surface area contributed by atoms with Crippen molar-refractivity contribution in [2.45, 2.75) is 26.5 Å². The molecule has 1 saturated heterocycles. The van der Waals surface area contributed by atoms with Crippen molar-refractivity contribution in [3.63, 3.8) is 0 Å². The van der Waals surface area contributed by atoms with Gasteiger partial charge >= 0.3 is 6.03 Å². The van der Waals surface area contributed by atoms with E-state index in [1.54, 1.807) is 18.3 Å². The van der Waals surface area contributed by atoms with Crippen LogP contribution in [0.2, 0.25) is 0 Å². The molecule has 1 N–H and O–H groups in total. The van der Waals surface area contributed by atoms with Gasteiger partial charge in [0.2, 0.25) is 5.89 Å². The van der Waals surface area contributed by atoms with E-state index in [4.69, 9.17) is 9.26 Å². The number of piperazine rings is 1. The smallest absolute Gasteiger partial charge is 0.317 e. The molecule has 0 atom stereocenters. The average molecular weight is 361 g/mol. The monoisotopic (exact) mass is 361 g/mol. The van der Waals surface area contributed by atoms with Gasteiger partial charge in [-0.2, -0.15) is 4.98 Å². The van der Waals surface area contributed by atoms with E-state index in [0.717, 1.165) is 31.0 Å². The summed E-state index contributed by atoms with van der Waals surface area (Å²) < 4.78 is 9.98. The van der Waals surface area contributed by atoms with Gasteiger partial charge in [-0.05, 0) is 6.42 Å². The Bertz CT molecular complexity index is 728. The number of hydrogen-bond donors (Lipinski definition) is 1. The van der Waals surface area contributed by atoms with Crippen molar-refractivity contribution in [3.8, 4) is 0 Å². The molecule has 10 nitrogen and oxygen atoms in total. The van der Waals surface area contributed by atoms with Gasteiger partial charge in [0.15, 0.2) is 5.82 Å². The molecule has 1 aliphatic rings. The van der Waals surface area contributed by atoms with Gasteiger partial charge < -0.3 is 24.4 Å². The summed E-state index contributed by atoms with van der Waals surface area (Å²) in [5, 5.41) is 6.56. The summed E-state index contributed by atoms with van der Waals surface area (Å²) in [7, 11) is 1.56. The molecular formula is C16H23N7O3. The summed E-state index contributed by atoms with van der Waals surface area (Å²) in [4.78, 5) is 28.9. The summed E-state index contributed by atoms with van der Waals surface area (Å²) in [5.74, 6) is 1.73. The van der Waals surface area contributed by atoms with Crippen LogP contribution in [0.3, 0.4) is 0 Å². The lowest BCUT2D eigenvalue weighted by Gasteiger charge is -2.35. The fourth-order valence-electron chi connectivity index (χ4n) is 2.70. The SMILES string of the molecule is CCc1cc(N2CCN(C(=O)NCc3nc(COC)no3)CC2)ncn1. The van der Waals surface area contributed by atoms with E-state index in [0.29, 0.717) is 24.8 Å². The largest absolute Gasteiger partial charge is 0.377 e. The third-order valence-electron chi connectivity index (χ3n) is 4.14. The molecule has 0 unspecified atom stereocenters. The minimum atomic E-state index is -0.145. The van der Waals surface area contributed by atoms with Crippen molar-refractivity contribution in [1.82, 2.24) is 30.3 Å². The van der Waals surface area contributed by atoms with Crippen molar-refractivity contribution >= 4 is 11.8 Å². The second-order valence-electron chi connectivity index (χ2n) is 5.89. The Labute approximate surface area is 151 Å². The summed E-state index contributed by atoms with van der Waals surface area (Å²) in [6, 6.07) is 1.86. The first-order valence-electron chi connectivity index (χ1n) is 8.58. The number of anilines is 1. The van der Waals surface area contributed by atoms with Crippen LogP contribution >= 0.6 is 0 Å². The number of rotatable bonds is 6. The lowest BCUT2D eigenvalue weighted by Crippen LogP contribution is -2.52. The zero-order valence-electron chi connectivity index (χ0n) is 15.0. The molecule has 1 fully saturated rings. The Morgan fingerprint density at radius 3 is 2.85 bits per heavy atom. The number of hydrogen-bond acceptors (Lipinski definition) is 8. The standard InChI is InChI=1S/C16H23N7O3/c1-3-12-8-14(19-11-18-12)22-4-6-23(7-5-22)16(24)17-9-15-20-13(10-25-2)21-26-15/h8,11H,3-7,9-10H2,1-2H3,(H,17,24). The third-order valence-corrected chi connectivity index (χ3v) is 4.14. The van der Waals surface area contributed by atoms with Gasteiger partial charge in [-0.1, -0.05) is 12.1 Å². The lowest BCUT2D eigenvalue weighted by molar-refractivity contribution is 0.174. The number of methoxy groups -OCH3 is 1. The van der Waals surface area contributed by atoms with Crippen LogP contribution in [0.25, 0.3) is 0 Å². The molecule has 0 aromatic carbocycles. The molecule has 0 radical (unpaired) electrons. The van der Waals surface area contributed by atoms with Crippen LogP contribution in [-0.4, -0.2) is 64.3 Å². The summed E-state index contributed by atoms with van der Waals surface area (Å²) >= 11 is 0. The molecular weight excluding hydrogens is 338 g/mol. The van der Waals surface area contributed by atoms with E-state index in [1.165, 1.54) is 0 Å². The Morgan fingerprint density at radius 2 is 2.12 bits per heavy atom. The first-order valence-corrected chi connectivity index (χ1v) is 8.58. The molecule has 1 aliphatic heterocycles. The van der Waals surface area contributed by atoms with Crippen LogP contribution in [0, 0.1) is 0 Å². The Kier molecular flexibility index (Phi) is 5.95. The van der Waals surface area contributed by atoms with Crippen LogP contribution in [0.15, 0.2) is 16.9 Å². The molecule has 0 saturated carbocycles. The van der Waals surface area contributed by atoms with E-state index in [2.05, 4.69) is 37.2 Å². The Balaban J connectivity index is 1.47. The molecule has 26 heavy (non-hydrogen) atoms. The first-order chi connectivity index (χ1) is 12.7. The molecule has 3 heterocycles. The van der Waals surface area contributed by atoms with Gasteiger partial charge in [0.05, 0.1) is 6.54 Å². The predicted molar refractivity (Wildman–Crippen MR) is 92.4 cm³/mol. The second kappa shape index (κ2) is 8.56. The third kappa shape index (κ3) is 4.45. The number of urea groups is 1. The maximum absolute atomic E-state index is 12.3. The number of carbonyl (C=O) groups is 1. The topological polar surface area (TPSA) is 110 Å². The summed E-state index contributed by atoms with van der Waals surface area (Å²) in [6.45, 7) is 5.24. The summed E-state index contributed by atoms with van der Waals surface area (Å²) in [6.07, 6.45) is 2.47. The quantitative estimate of drug-likeness (QED) is 0.796. The molecule has 2 aromatic rings. The van der Waals surface area contributed by atoms with Gasteiger partial charge in [-0.15, -0.1) is 0 Å². The molecule has 0 bridgehead atoms. The van der Waals surface area contributed by atoms with Crippen molar-refractivity contribution < 1.29 is 14.1 Å². The normalized spacial score (nSPS) is 14.5. The zero-order chi connectivity index (χ0) is 18.4. The van der Waals surface area contributed by atoms with E-state index in [-0.39, 0.29) is 19.2 Å². The van der Waals surface area contributed by atoms with Gasteiger partial charge in [0.25, 0.3) is 0 Å². The van der Waals surface area contributed by atoms with E-state index in [9.17, 15) is 4.79 Å². The van der Waals surface area contributed by atoms with Gasteiger partial charge in [0, 0.05) is 45.0 Å². The van der Waals surface area contributed by atoms with Crippen molar-refractivity contribution in [1.29, 1.82) is 0 Å². The zero-order valence-corrected chi connectivity index (χ0v) is 15.0. The molecule has 0 spiro atoms. The highest BCUT2D eigenvalue weighted by atomic mass is 16.5. The maximum Gasteiger partial charge on any atom is 0.317 e. The van der Waals surface area contributed by atoms with Crippen LogP contribution < -0.4 is 10.2 Å². The summed E-state index contributed by atoms with van der Waals surface area (Å²) in [5.41, 5.74) is 1.02. The highest BCUT2D eigenvalue weighted by Gasteiger charge is 2.22. The van der Waals surface area contributed by atoms with Crippen LogP contribution in [0.5, 0.6) is 0 Å². The van der Waals surface area contributed by atoms with Crippen molar-refractivity contribution in [2.24, 2.45) is 0 Å². The number of nitrogens with zero attached hydrogens (tertiary/aromatic N) is 6. The number of nitrogens with one attached hydrogen (secondary N) is 1. The van der Waals surface area contributed by atoms with E-state index in [1.807, 2.05) is 6.07 Å². The Hall–Kier alpha value is -2.75. The van der Waals surface area contributed by atoms with E-state index < -0.39 is 0 Å². The molecule has 2 amide bonds. The highest BCUT2D eigenvalue weighted by Crippen LogP contribution is 2.14. The minimum absolute atomic E-state index is 0.145. The Morgan fingerprint density at radius 1 is 1.31 bits per heavy atom. The number of amides is 2. The van der Waals surface area contributed by atoms with Crippen molar-refractivity contribution in [3.05, 3.63) is 29.8 Å². The van der Waals surface area contributed by atoms with Crippen LogP contribution in [-0.2, 0) is 24.3 Å². The number of ether oxygens (including phenoxy) is 1. The second-order valence-corrected chi connectivity index (χ2v) is 5.89. The molecule has 2 aromatic heterocycles. The van der Waals surface area contributed by atoms with Gasteiger partial charge in [0.1, 0.15) is 18.8 Å². The van der Waals surface area contributed by atoms with Gasteiger partial charge in [-0.3, -0.25) is 0 Å². The van der Waals surface area contributed by atoms with Gasteiger partial charge in [-0.25, -0.2) is 14.8 Å². The van der Waals surface area contributed by atoms with Crippen LogP contribution in [0.4, 0.5) is 10.6 Å². The molecule has 3 rings (SSSR count). The first kappa shape index (κ1) is 18.1. The lowest BCUT2D eigenvalue weighted by atomic mass is 10.3. The predicted octanol–water partition coefficient (Wildman–Crippen LogP) is 0.600.